The quantitative estimate of drug-likeness (QED) is 0.593. The molecule has 0 saturated heterocycles. The lowest BCUT2D eigenvalue weighted by Crippen LogP contribution is -2.33. The van der Waals surface area contributed by atoms with Crippen LogP contribution in [0.5, 0.6) is 0 Å². The molecule has 0 saturated carbocycles. The first-order valence-electron chi connectivity index (χ1n) is 9.94. The number of H-pyrrole nitrogens is 1. The van der Waals surface area contributed by atoms with Gasteiger partial charge in [0.05, 0.1) is 0 Å². The van der Waals surface area contributed by atoms with Gasteiger partial charge < -0.3 is 0 Å². The summed E-state index contributed by atoms with van der Waals surface area (Å²) in [5.41, 5.74) is 8.22. The Hall–Kier alpha value is -2.75. The van der Waals surface area contributed by atoms with E-state index >= 15 is 0 Å². The summed E-state index contributed by atoms with van der Waals surface area (Å²) in [4.78, 5) is 0. The molecule has 0 aliphatic heterocycles. The lowest BCUT2D eigenvalue weighted by Gasteiger charge is -2.42. The van der Waals surface area contributed by atoms with Crippen molar-refractivity contribution in [3.05, 3.63) is 64.7 Å². The van der Waals surface area contributed by atoms with Crippen molar-refractivity contribution in [2.24, 2.45) is 0 Å². The van der Waals surface area contributed by atoms with Crippen molar-refractivity contribution in [3.8, 4) is 11.4 Å². The maximum absolute atomic E-state index is 3.96. The highest BCUT2D eigenvalue weighted by Crippen LogP contribution is 2.46. The Bertz CT molecular complexity index is 1010. The first-order valence-corrected chi connectivity index (χ1v) is 9.94. The van der Waals surface area contributed by atoms with E-state index in [1.54, 1.807) is 0 Å². The maximum Gasteiger partial charge on any atom is 0.179 e. The molecule has 4 nitrogen and oxygen atoms in total. The maximum atomic E-state index is 3.96. The second-order valence-corrected chi connectivity index (χ2v) is 9.23. The molecule has 1 aliphatic rings. The summed E-state index contributed by atoms with van der Waals surface area (Å²) in [7, 11) is 0. The van der Waals surface area contributed by atoms with Crippen LogP contribution in [0, 0.1) is 0 Å². The van der Waals surface area contributed by atoms with E-state index in [4.69, 9.17) is 0 Å². The van der Waals surface area contributed by atoms with Gasteiger partial charge in [-0.3, -0.25) is 0 Å². The van der Waals surface area contributed by atoms with Crippen molar-refractivity contribution >= 4 is 11.6 Å². The van der Waals surface area contributed by atoms with Crippen LogP contribution in [0.1, 0.15) is 69.7 Å². The van der Waals surface area contributed by atoms with Crippen LogP contribution in [0.25, 0.3) is 23.0 Å². The second-order valence-electron chi connectivity index (χ2n) is 9.23. The number of rotatable bonds is 3. The number of hydrogen-bond acceptors (Lipinski definition) is 3. The fourth-order valence-corrected chi connectivity index (χ4v) is 4.19. The molecule has 0 radical (unpaired) electrons. The van der Waals surface area contributed by atoms with Crippen molar-refractivity contribution in [2.45, 2.75) is 58.3 Å². The summed E-state index contributed by atoms with van der Waals surface area (Å²) in [6, 6.07) is 15.3. The van der Waals surface area contributed by atoms with E-state index in [0.29, 0.717) is 5.82 Å². The average Bonchev–Trinajstić information content (AvgIpc) is 3.21. The van der Waals surface area contributed by atoms with Gasteiger partial charge in [0.25, 0.3) is 0 Å². The highest BCUT2D eigenvalue weighted by Gasteiger charge is 2.36. The fourth-order valence-electron chi connectivity index (χ4n) is 4.19. The third kappa shape index (κ3) is 3.39. The van der Waals surface area contributed by atoms with Crippen molar-refractivity contribution < 1.29 is 0 Å². The first-order chi connectivity index (χ1) is 13.3. The molecule has 1 aliphatic carbocycles. The minimum atomic E-state index is 0.230. The van der Waals surface area contributed by atoms with E-state index in [9.17, 15) is 0 Å². The van der Waals surface area contributed by atoms with E-state index in [-0.39, 0.29) is 10.8 Å². The van der Waals surface area contributed by atoms with Crippen LogP contribution in [0.15, 0.2) is 42.5 Å². The Morgan fingerprint density at radius 2 is 1.61 bits per heavy atom. The number of hydrogen-bond donors (Lipinski definition) is 1. The van der Waals surface area contributed by atoms with Crippen molar-refractivity contribution in [2.75, 3.05) is 0 Å². The van der Waals surface area contributed by atoms with Crippen LogP contribution >= 0.6 is 0 Å². The molecule has 0 amide bonds. The third-order valence-corrected chi connectivity index (χ3v) is 6.22. The molecule has 2 aromatic carbocycles. The molecule has 4 heteroatoms. The topological polar surface area (TPSA) is 54.5 Å². The normalized spacial score (nSPS) is 18.0. The second kappa shape index (κ2) is 6.69. The number of fused-ring (bicyclic) bond motifs is 1. The van der Waals surface area contributed by atoms with Gasteiger partial charge in [0.1, 0.15) is 0 Å². The molecule has 0 spiro atoms. The third-order valence-electron chi connectivity index (χ3n) is 6.22. The van der Waals surface area contributed by atoms with Crippen molar-refractivity contribution in [1.29, 1.82) is 0 Å². The summed E-state index contributed by atoms with van der Waals surface area (Å²) in [5, 5.41) is 14.0. The summed E-state index contributed by atoms with van der Waals surface area (Å²) in [6.07, 6.45) is 4.72. The molecule has 0 bridgehead atoms. The highest BCUT2D eigenvalue weighted by atomic mass is 15.5. The molecular weight excluding hydrogens is 344 g/mol. The van der Waals surface area contributed by atoms with Gasteiger partial charge in [0, 0.05) is 5.56 Å². The minimum Gasteiger partial charge on any atom is -0.239 e. The molecule has 0 unspecified atom stereocenters. The fraction of sp³-hybridized carbons (Fsp3) is 0.375. The predicted octanol–water partition coefficient (Wildman–Crippen LogP) is 5.78. The average molecular weight is 373 g/mol. The summed E-state index contributed by atoms with van der Waals surface area (Å²) in [6.45, 7) is 11.7. The number of nitrogens with zero attached hydrogens (tertiary/aromatic N) is 3. The molecule has 4 rings (SSSR count). The lowest BCUT2D eigenvalue weighted by molar-refractivity contribution is 0.332. The summed E-state index contributed by atoms with van der Waals surface area (Å²) < 4.78 is 0. The zero-order chi connectivity index (χ0) is 19.9. The summed E-state index contributed by atoms with van der Waals surface area (Å²) in [5.74, 6) is 0.687. The molecule has 1 N–H and O–H groups in total. The number of nitrogens with one attached hydrogen (secondary N) is 1. The van der Waals surface area contributed by atoms with Gasteiger partial charge in [0.2, 0.25) is 0 Å². The van der Waals surface area contributed by atoms with Crippen LogP contribution in [0.3, 0.4) is 0 Å². The number of aromatic nitrogens is 4. The standard InChI is InChI=1S/C24H28N4/c1-16(14-17-6-8-18(9-7-17)22-25-27-28-26-22)19-10-11-20-21(15-19)24(4,5)13-12-23(20,2)3/h6-11,14-15H,12-13H2,1-5H3,(H,25,26,27,28)/b16-14-. The monoisotopic (exact) mass is 372 g/mol. The zero-order valence-corrected chi connectivity index (χ0v) is 17.4. The number of benzene rings is 2. The lowest BCUT2D eigenvalue weighted by atomic mass is 9.63. The number of allylic oxidation sites excluding steroid dienone is 1. The molecule has 0 atom stereocenters. The number of aromatic amines is 1. The molecule has 144 valence electrons. The molecule has 1 aromatic heterocycles. The predicted molar refractivity (Wildman–Crippen MR) is 115 cm³/mol. The van der Waals surface area contributed by atoms with E-state index in [1.807, 2.05) is 12.1 Å². The van der Waals surface area contributed by atoms with Crippen LogP contribution in [-0.2, 0) is 10.8 Å². The Labute approximate surface area is 167 Å². The van der Waals surface area contributed by atoms with Crippen LogP contribution in [-0.4, -0.2) is 20.6 Å². The van der Waals surface area contributed by atoms with E-state index in [2.05, 4.69) is 91.7 Å². The van der Waals surface area contributed by atoms with E-state index in [1.165, 1.54) is 40.7 Å². The van der Waals surface area contributed by atoms with Gasteiger partial charge in [-0.15, -0.1) is 5.10 Å². The molecule has 28 heavy (non-hydrogen) atoms. The molecular formula is C24H28N4. The largest absolute Gasteiger partial charge is 0.239 e. The SMILES string of the molecule is C/C(=C/c1ccc(-c2nnn[nH]2)cc1)c1ccc2c(c1)C(C)(C)CCC2(C)C. The van der Waals surface area contributed by atoms with Gasteiger partial charge in [-0.1, -0.05) is 76.2 Å². The molecule has 0 fully saturated rings. The van der Waals surface area contributed by atoms with Crippen LogP contribution in [0.4, 0.5) is 0 Å². The first kappa shape index (κ1) is 18.6. The van der Waals surface area contributed by atoms with E-state index < -0.39 is 0 Å². The van der Waals surface area contributed by atoms with Gasteiger partial charge >= 0.3 is 0 Å². The van der Waals surface area contributed by atoms with Crippen molar-refractivity contribution in [3.63, 3.8) is 0 Å². The van der Waals surface area contributed by atoms with Gasteiger partial charge in [0.15, 0.2) is 5.82 Å². The molecule has 3 aromatic rings. The highest BCUT2D eigenvalue weighted by molar-refractivity contribution is 5.81. The van der Waals surface area contributed by atoms with Gasteiger partial charge in [-0.25, -0.2) is 5.10 Å². The molecule has 1 heterocycles. The minimum absolute atomic E-state index is 0.230. The van der Waals surface area contributed by atoms with Crippen LogP contribution < -0.4 is 0 Å². The Balaban J connectivity index is 1.66. The Morgan fingerprint density at radius 1 is 0.929 bits per heavy atom. The van der Waals surface area contributed by atoms with E-state index in [0.717, 1.165) is 5.56 Å². The van der Waals surface area contributed by atoms with Gasteiger partial charge in [-0.2, -0.15) is 0 Å². The Morgan fingerprint density at radius 3 is 2.25 bits per heavy atom. The van der Waals surface area contributed by atoms with Gasteiger partial charge in [-0.05, 0) is 68.8 Å². The smallest absolute Gasteiger partial charge is 0.179 e. The Kier molecular flexibility index (Phi) is 4.45. The van der Waals surface area contributed by atoms with Crippen LogP contribution in [0.2, 0.25) is 0 Å². The summed E-state index contributed by atoms with van der Waals surface area (Å²) >= 11 is 0. The number of tetrazole rings is 1. The zero-order valence-electron chi connectivity index (χ0n) is 17.4. The van der Waals surface area contributed by atoms with Crippen molar-refractivity contribution in [1.82, 2.24) is 20.6 Å².